The van der Waals surface area contributed by atoms with Gasteiger partial charge in [-0.1, -0.05) is 63.5 Å². The van der Waals surface area contributed by atoms with Crippen LogP contribution >= 0.6 is 11.3 Å². The summed E-state index contributed by atoms with van der Waals surface area (Å²) in [6.07, 6.45) is 7.44. The molecule has 0 N–H and O–H groups in total. The number of para-hydroxylation sites is 1. The summed E-state index contributed by atoms with van der Waals surface area (Å²) in [6, 6.07) is 6.38. The van der Waals surface area contributed by atoms with Crippen LogP contribution in [0.5, 0.6) is 0 Å². The fourth-order valence-electron chi connectivity index (χ4n) is 3.88. The average molecular weight is 347 g/mol. The molecule has 0 atom stereocenters. The smallest absolute Gasteiger partial charge is 0.309 e. The molecule has 0 bridgehead atoms. The first-order valence-electron chi connectivity index (χ1n) is 9.48. The number of thiazole rings is 1. The van der Waals surface area contributed by atoms with Crippen LogP contribution in [0.1, 0.15) is 58.4 Å². The highest BCUT2D eigenvalue weighted by Crippen LogP contribution is 2.27. The molecule has 1 saturated heterocycles. The van der Waals surface area contributed by atoms with Gasteiger partial charge in [0.15, 0.2) is 0 Å². The summed E-state index contributed by atoms with van der Waals surface area (Å²) in [7, 11) is 0. The van der Waals surface area contributed by atoms with Crippen LogP contribution in [0.15, 0.2) is 23.0 Å². The largest absolute Gasteiger partial charge is 0.326 e. The molecule has 3 nitrogen and oxygen atoms in total. The van der Waals surface area contributed by atoms with Gasteiger partial charge in [-0.2, -0.15) is 0 Å². The second kappa shape index (κ2) is 7.73. The van der Waals surface area contributed by atoms with Crippen LogP contribution in [0.2, 0.25) is 0 Å². The van der Waals surface area contributed by atoms with E-state index in [-0.39, 0.29) is 4.87 Å². The molecule has 4 heteroatoms. The minimum atomic E-state index is 0.174. The Morgan fingerprint density at radius 3 is 2.67 bits per heavy atom. The molecule has 24 heavy (non-hydrogen) atoms. The van der Waals surface area contributed by atoms with Crippen molar-refractivity contribution in [1.29, 1.82) is 0 Å². The summed E-state index contributed by atoms with van der Waals surface area (Å²) in [4.78, 5) is 12.8. The lowest BCUT2D eigenvalue weighted by Gasteiger charge is -2.34. The van der Waals surface area contributed by atoms with Gasteiger partial charge in [-0.15, -0.1) is 0 Å². The summed E-state index contributed by atoms with van der Waals surface area (Å²) >= 11 is 1.39. The fraction of sp³-hybridized carbons (Fsp3) is 0.650. The van der Waals surface area contributed by atoms with Crippen LogP contribution < -0.4 is 9.88 Å². The van der Waals surface area contributed by atoms with Crippen molar-refractivity contribution in [2.24, 2.45) is 11.8 Å². The molecular formula is C20H30N2OS. The Bertz CT molecular complexity index is 723. The number of hydrogen-bond donors (Lipinski definition) is 0. The number of fused-ring (bicyclic) bond motifs is 1. The highest BCUT2D eigenvalue weighted by atomic mass is 32.1. The molecule has 0 unspecified atom stereocenters. The van der Waals surface area contributed by atoms with Gasteiger partial charge in [0.25, 0.3) is 0 Å². The Morgan fingerprint density at radius 2 is 2.00 bits per heavy atom. The lowest BCUT2D eigenvalue weighted by molar-refractivity contribution is 0.339. The molecule has 0 radical (unpaired) electrons. The van der Waals surface area contributed by atoms with Crippen molar-refractivity contribution in [1.82, 2.24) is 4.68 Å². The van der Waals surface area contributed by atoms with Crippen molar-refractivity contribution in [3.05, 3.63) is 33.4 Å². The Kier molecular flexibility index (Phi) is 5.65. The van der Waals surface area contributed by atoms with E-state index in [9.17, 15) is 4.79 Å². The van der Waals surface area contributed by atoms with Gasteiger partial charge in [0.05, 0.1) is 10.2 Å². The van der Waals surface area contributed by atoms with Gasteiger partial charge in [-0.3, -0.25) is 4.79 Å². The van der Waals surface area contributed by atoms with Gasteiger partial charge in [-0.05, 0) is 42.7 Å². The van der Waals surface area contributed by atoms with Gasteiger partial charge in [0.2, 0.25) is 0 Å². The average Bonchev–Trinajstić information content (AvgIpc) is 2.90. The number of piperidine rings is 1. The van der Waals surface area contributed by atoms with Crippen LogP contribution in [-0.2, 0) is 6.42 Å². The van der Waals surface area contributed by atoms with Crippen LogP contribution in [0.3, 0.4) is 0 Å². The van der Waals surface area contributed by atoms with Crippen LogP contribution in [0.4, 0.5) is 0 Å². The molecule has 1 aromatic heterocycles. The summed E-state index contributed by atoms with van der Waals surface area (Å²) < 4.78 is 3.12. The van der Waals surface area contributed by atoms with Crippen molar-refractivity contribution in [2.45, 2.75) is 59.3 Å². The van der Waals surface area contributed by atoms with Crippen molar-refractivity contribution in [2.75, 3.05) is 18.1 Å². The van der Waals surface area contributed by atoms with E-state index in [1.807, 2.05) is 4.68 Å². The van der Waals surface area contributed by atoms with Crippen molar-refractivity contribution in [3.63, 3.8) is 0 Å². The summed E-state index contributed by atoms with van der Waals surface area (Å²) in [5.74, 6) is 1.44. The molecule has 3 rings (SSSR count). The van der Waals surface area contributed by atoms with Gasteiger partial charge in [-0.25, -0.2) is 4.68 Å². The lowest BCUT2D eigenvalue weighted by atomic mass is 9.92. The first-order chi connectivity index (χ1) is 11.6. The SMILES string of the molecule is CCCCC1CCN(n2c(=O)sc3cccc(CC(C)C)c32)CC1. The van der Waals surface area contributed by atoms with Gasteiger partial charge in [0.1, 0.15) is 0 Å². The van der Waals surface area contributed by atoms with E-state index in [1.165, 1.54) is 49.0 Å². The highest BCUT2D eigenvalue weighted by Gasteiger charge is 2.23. The van der Waals surface area contributed by atoms with Crippen LogP contribution in [0.25, 0.3) is 10.2 Å². The van der Waals surface area contributed by atoms with Crippen molar-refractivity contribution in [3.8, 4) is 0 Å². The summed E-state index contributed by atoms with van der Waals surface area (Å²) in [5, 5.41) is 2.30. The Hall–Kier alpha value is -1.29. The maximum atomic E-state index is 12.7. The third kappa shape index (κ3) is 3.69. The zero-order valence-electron chi connectivity index (χ0n) is 15.3. The monoisotopic (exact) mass is 346 g/mol. The first-order valence-corrected chi connectivity index (χ1v) is 10.3. The summed E-state index contributed by atoms with van der Waals surface area (Å²) in [5.41, 5.74) is 2.47. The number of hydrogen-bond acceptors (Lipinski definition) is 3. The van der Waals surface area contributed by atoms with E-state index >= 15 is 0 Å². The van der Waals surface area contributed by atoms with E-state index in [2.05, 4.69) is 44.0 Å². The molecule has 0 amide bonds. The summed E-state index contributed by atoms with van der Waals surface area (Å²) in [6.45, 7) is 8.77. The molecule has 1 aromatic carbocycles. The third-order valence-corrected chi connectivity index (χ3v) is 6.03. The van der Waals surface area contributed by atoms with Crippen molar-refractivity contribution < 1.29 is 0 Å². The Labute approximate surface area is 149 Å². The first kappa shape index (κ1) is 17.5. The fourth-order valence-corrected chi connectivity index (χ4v) is 4.82. The standard InChI is InChI=1S/C20H30N2OS/c1-4-5-7-16-10-12-21(13-11-16)22-19-17(14-15(2)3)8-6-9-18(19)24-20(22)23/h6,8-9,15-16H,4-5,7,10-14H2,1-3H3. The minimum absolute atomic E-state index is 0.174. The maximum absolute atomic E-state index is 12.7. The zero-order valence-corrected chi connectivity index (χ0v) is 16.1. The normalized spacial score (nSPS) is 16.4. The second-order valence-corrected chi connectivity index (χ2v) is 8.57. The molecule has 0 spiro atoms. The van der Waals surface area contributed by atoms with E-state index < -0.39 is 0 Å². The number of benzene rings is 1. The number of rotatable bonds is 6. The van der Waals surface area contributed by atoms with Gasteiger partial charge >= 0.3 is 4.87 Å². The molecule has 1 aliphatic heterocycles. The molecule has 0 saturated carbocycles. The molecule has 2 aromatic rings. The molecule has 1 fully saturated rings. The number of aromatic nitrogens is 1. The quantitative estimate of drug-likeness (QED) is 0.751. The third-order valence-electron chi connectivity index (χ3n) is 5.13. The van der Waals surface area contributed by atoms with Crippen LogP contribution in [-0.4, -0.2) is 17.8 Å². The highest BCUT2D eigenvalue weighted by molar-refractivity contribution is 7.16. The number of nitrogens with zero attached hydrogens (tertiary/aromatic N) is 2. The van der Waals surface area contributed by atoms with E-state index in [1.54, 1.807) is 0 Å². The molecule has 0 aliphatic carbocycles. The second-order valence-electron chi connectivity index (χ2n) is 7.58. The predicted molar refractivity (Wildman–Crippen MR) is 105 cm³/mol. The predicted octanol–water partition coefficient (Wildman–Crippen LogP) is 4.80. The van der Waals surface area contributed by atoms with E-state index in [0.717, 1.165) is 35.6 Å². The molecule has 1 aliphatic rings. The number of unbranched alkanes of at least 4 members (excludes halogenated alkanes) is 1. The van der Waals surface area contributed by atoms with Crippen molar-refractivity contribution >= 4 is 21.6 Å². The molecule has 2 heterocycles. The van der Waals surface area contributed by atoms with E-state index in [4.69, 9.17) is 0 Å². The zero-order chi connectivity index (χ0) is 17.1. The lowest BCUT2D eigenvalue weighted by Crippen LogP contribution is -2.45. The van der Waals surface area contributed by atoms with Gasteiger partial charge in [0, 0.05) is 13.1 Å². The van der Waals surface area contributed by atoms with Gasteiger partial charge < -0.3 is 5.01 Å². The maximum Gasteiger partial charge on any atom is 0.326 e. The minimum Gasteiger partial charge on any atom is -0.309 e. The molecule has 132 valence electrons. The molecular weight excluding hydrogens is 316 g/mol. The van der Waals surface area contributed by atoms with E-state index in [0.29, 0.717) is 5.92 Å². The topological polar surface area (TPSA) is 25.2 Å². The Morgan fingerprint density at radius 1 is 1.25 bits per heavy atom. The Balaban J connectivity index is 1.87. The van der Waals surface area contributed by atoms with Crippen LogP contribution in [0, 0.1) is 11.8 Å².